The highest BCUT2D eigenvalue weighted by molar-refractivity contribution is 7.39. The summed E-state index contributed by atoms with van der Waals surface area (Å²) in [5.41, 5.74) is 0. The molecule has 0 aliphatic carbocycles. The van der Waals surface area contributed by atoms with E-state index < -0.39 is 8.60 Å². The zero-order valence-electron chi connectivity index (χ0n) is 2.83. The number of alkyl halides is 1. The van der Waals surface area contributed by atoms with Gasteiger partial charge in [0.15, 0.2) is 0 Å². The summed E-state index contributed by atoms with van der Waals surface area (Å²) < 4.78 is 3.98. The third kappa shape index (κ3) is 4.60. The molecule has 0 saturated heterocycles. The largest absolute Gasteiger partial charge is 0.328 e. The van der Waals surface area contributed by atoms with Crippen LogP contribution >= 0.6 is 20.2 Å². The molecule has 0 heterocycles. The fourth-order valence-corrected chi connectivity index (χ4v) is 0.393. The summed E-state index contributed by atoms with van der Waals surface area (Å²) in [5, 5.41) is 0. The molecule has 0 fully saturated rings. The van der Waals surface area contributed by atoms with E-state index in [1.807, 2.05) is 0 Å². The number of halogens is 1. The Labute approximate surface area is 41.5 Å². The molecule has 0 unspecified atom stereocenters. The third-order valence-electron chi connectivity index (χ3n) is 0.164. The first-order valence-electron chi connectivity index (χ1n) is 1.14. The molecule has 0 aliphatic heterocycles. The monoisotopic (exact) mass is 130 g/mol. The topological polar surface area (TPSA) is 49.7 Å². The molecule has 0 atom stereocenters. The normalized spacial score (nSPS) is 10.0. The summed E-state index contributed by atoms with van der Waals surface area (Å²) in [7, 11) is -2.23. The molecule has 3 nitrogen and oxygen atoms in total. The fourth-order valence-electron chi connectivity index (χ4n) is 0.0436. The molecule has 0 aromatic carbocycles. The van der Waals surface area contributed by atoms with Gasteiger partial charge in [0.05, 0.1) is 0 Å². The van der Waals surface area contributed by atoms with E-state index in [0.29, 0.717) is 0 Å². The molecule has 0 saturated carbocycles. The van der Waals surface area contributed by atoms with Crippen LogP contribution in [0.4, 0.5) is 0 Å². The Morgan fingerprint density at radius 3 is 2.17 bits per heavy atom. The Kier molecular flexibility index (Phi) is 4.16. The highest BCUT2D eigenvalue weighted by Crippen LogP contribution is 2.23. The lowest BCUT2D eigenvalue weighted by molar-refractivity contribution is 0.296. The minimum atomic E-state index is -2.23. The fraction of sp³-hybridized carbons (Fsp3) is 1.00. The van der Waals surface area contributed by atoms with Crippen molar-refractivity contribution in [2.24, 2.45) is 0 Å². The van der Waals surface area contributed by atoms with Crippen LogP contribution in [0.15, 0.2) is 0 Å². The van der Waals surface area contributed by atoms with Crippen LogP contribution < -0.4 is 0 Å². The molecule has 0 aliphatic rings. The predicted molar refractivity (Wildman–Crippen MR) is 23.2 cm³/mol. The summed E-state index contributed by atoms with van der Waals surface area (Å²) in [4.78, 5) is 15.7. The molecule has 2 N–H and O–H groups in total. The predicted octanol–water partition coefficient (Wildman–Crippen LogP) is 0.411. The molecule has 0 rings (SSSR count). The minimum Gasteiger partial charge on any atom is -0.328 e. The molecule has 0 bridgehead atoms. The number of hydrogen-bond acceptors (Lipinski definition) is 3. The highest BCUT2D eigenvalue weighted by atomic mass is 35.5. The Morgan fingerprint density at radius 1 is 1.67 bits per heavy atom. The first kappa shape index (κ1) is 6.60. The van der Waals surface area contributed by atoms with Gasteiger partial charge < -0.3 is 9.79 Å². The van der Waals surface area contributed by atoms with Crippen molar-refractivity contribution < 1.29 is 14.3 Å². The van der Waals surface area contributed by atoms with Gasteiger partial charge in [0.1, 0.15) is 6.07 Å². The van der Waals surface area contributed by atoms with Crippen LogP contribution in [0.5, 0.6) is 0 Å². The van der Waals surface area contributed by atoms with E-state index in [1.54, 1.807) is 0 Å². The van der Waals surface area contributed by atoms with E-state index in [9.17, 15) is 0 Å². The maximum atomic E-state index is 7.87. The zero-order valence-corrected chi connectivity index (χ0v) is 4.49. The first-order chi connectivity index (χ1) is 2.77. The lowest BCUT2D eigenvalue weighted by atomic mass is 11.7. The van der Waals surface area contributed by atoms with Gasteiger partial charge in [-0.05, 0) is 0 Å². The maximum absolute atomic E-state index is 7.87. The molecule has 0 radical (unpaired) electrons. The van der Waals surface area contributed by atoms with Crippen molar-refractivity contribution in [3.8, 4) is 0 Å². The lowest BCUT2D eigenvalue weighted by Crippen LogP contribution is -1.75. The molecule has 38 valence electrons. The van der Waals surface area contributed by atoms with Crippen molar-refractivity contribution in [1.82, 2.24) is 0 Å². The average molecular weight is 130 g/mol. The van der Waals surface area contributed by atoms with E-state index in [-0.39, 0.29) is 6.07 Å². The molecule has 0 spiro atoms. The minimum absolute atomic E-state index is 0.168. The van der Waals surface area contributed by atoms with Gasteiger partial charge in [-0.2, -0.15) is 0 Å². The lowest BCUT2D eigenvalue weighted by Gasteiger charge is -1.93. The van der Waals surface area contributed by atoms with Gasteiger partial charge in [0.25, 0.3) is 0 Å². The summed E-state index contributed by atoms with van der Waals surface area (Å²) in [6.45, 7) is 0. The molecule has 6 heavy (non-hydrogen) atoms. The van der Waals surface area contributed by atoms with E-state index in [4.69, 9.17) is 21.4 Å². The van der Waals surface area contributed by atoms with Crippen molar-refractivity contribution in [3.63, 3.8) is 0 Å². The van der Waals surface area contributed by atoms with Crippen LogP contribution in [-0.2, 0) is 4.52 Å². The molecule has 0 amide bonds. The second-order valence-electron chi connectivity index (χ2n) is 0.491. The molecule has 5 heteroatoms. The SMILES string of the molecule is OP(O)OCCl. The van der Waals surface area contributed by atoms with Gasteiger partial charge in [0.2, 0.25) is 0 Å². The second kappa shape index (κ2) is 3.78. The quantitative estimate of drug-likeness (QED) is 0.421. The molecular weight excluding hydrogens is 126 g/mol. The molecule has 0 aromatic rings. The van der Waals surface area contributed by atoms with Crippen LogP contribution in [0.1, 0.15) is 0 Å². The van der Waals surface area contributed by atoms with Crippen LogP contribution in [0.25, 0.3) is 0 Å². The van der Waals surface area contributed by atoms with Crippen molar-refractivity contribution >= 4 is 20.2 Å². The van der Waals surface area contributed by atoms with E-state index in [2.05, 4.69) is 4.52 Å². The van der Waals surface area contributed by atoms with Crippen LogP contribution in [0.3, 0.4) is 0 Å². The van der Waals surface area contributed by atoms with E-state index in [0.717, 1.165) is 0 Å². The van der Waals surface area contributed by atoms with E-state index >= 15 is 0 Å². The summed E-state index contributed by atoms with van der Waals surface area (Å²) in [6.07, 6.45) is 0. The van der Waals surface area contributed by atoms with Gasteiger partial charge in [-0.15, -0.1) is 0 Å². The van der Waals surface area contributed by atoms with Gasteiger partial charge in [0, 0.05) is 0 Å². The van der Waals surface area contributed by atoms with Gasteiger partial charge >= 0.3 is 8.60 Å². The van der Waals surface area contributed by atoms with Crippen LogP contribution in [0.2, 0.25) is 0 Å². The van der Waals surface area contributed by atoms with Gasteiger partial charge in [-0.1, -0.05) is 11.6 Å². The van der Waals surface area contributed by atoms with E-state index in [1.165, 1.54) is 0 Å². The van der Waals surface area contributed by atoms with Crippen LogP contribution in [0, 0.1) is 0 Å². The van der Waals surface area contributed by atoms with Crippen molar-refractivity contribution in [1.29, 1.82) is 0 Å². The van der Waals surface area contributed by atoms with Gasteiger partial charge in [-0.3, -0.25) is 4.52 Å². The first-order valence-corrected chi connectivity index (χ1v) is 2.84. The maximum Gasteiger partial charge on any atom is 0.328 e. The Bertz CT molecular complexity index is 32.0. The smallest absolute Gasteiger partial charge is 0.328 e. The summed E-state index contributed by atoms with van der Waals surface area (Å²) in [6, 6.07) is -0.168. The summed E-state index contributed by atoms with van der Waals surface area (Å²) >= 11 is 4.87. The second-order valence-corrected chi connectivity index (χ2v) is 1.47. The van der Waals surface area contributed by atoms with Gasteiger partial charge in [-0.25, -0.2) is 0 Å². The Morgan fingerprint density at radius 2 is 2.17 bits per heavy atom. The standard InChI is InChI=1S/CH4ClO3P/c2-1-5-6(3)4/h3-4H,1H2. The molecule has 0 aromatic heterocycles. The Hall–Kier alpha value is 0.600. The van der Waals surface area contributed by atoms with Crippen molar-refractivity contribution in [2.75, 3.05) is 6.07 Å². The highest BCUT2D eigenvalue weighted by Gasteiger charge is 1.92. The van der Waals surface area contributed by atoms with Crippen molar-refractivity contribution in [3.05, 3.63) is 0 Å². The Balaban J connectivity index is 2.63. The average Bonchev–Trinajstić information content (AvgIpc) is 1.35. The van der Waals surface area contributed by atoms with Crippen LogP contribution in [-0.4, -0.2) is 15.9 Å². The zero-order chi connectivity index (χ0) is 4.99. The third-order valence-corrected chi connectivity index (χ3v) is 0.786. The summed E-state index contributed by atoms with van der Waals surface area (Å²) in [5.74, 6) is 0. The number of hydrogen-bond donors (Lipinski definition) is 2. The number of rotatable bonds is 2. The molecular formula is CH4ClO3P. The van der Waals surface area contributed by atoms with Crippen molar-refractivity contribution in [2.45, 2.75) is 0 Å².